The van der Waals surface area contributed by atoms with Gasteiger partial charge in [-0.2, -0.15) is 0 Å². The maximum absolute atomic E-state index is 6.10. The lowest BCUT2D eigenvalue weighted by Gasteiger charge is -2.19. The minimum absolute atomic E-state index is 0.917. The fraction of sp³-hybridized carbons (Fsp3) is 0.0222. The summed E-state index contributed by atoms with van der Waals surface area (Å²) < 4.78 is 6.10. The summed E-state index contributed by atoms with van der Waals surface area (Å²) in [5.41, 5.74) is 12.9. The van der Waals surface area contributed by atoms with Crippen LogP contribution in [0.5, 0.6) is 0 Å². The lowest BCUT2D eigenvalue weighted by atomic mass is 9.84. The van der Waals surface area contributed by atoms with Crippen LogP contribution in [0.25, 0.3) is 88.0 Å². The third-order valence-electron chi connectivity index (χ3n) is 9.33. The first kappa shape index (κ1) is 26.5. The Kier molecular flexibility index (Phi) is 6.11. The molecule has 0 N–H and O–H groups in total. The van der Waals surface area contributed by atoms with Crippen LogP contribution >= 0.6 is 0 Å². The van der Waals surface area contributed by atoms with E-state index >= 15 is 0 Å². The maximum Gasteiger partial charge on any atom is 0.135 e. The quantitative estimate of drug-likeness (QED) is 0.187. The third kappa shape index (κ3) is 4.32. The monoisotopic (exact) mass is 586 g/mol. The first-order valence-corrected chi connectivity index (χ1v) is 15.8. The molecule has 0 amide bonds. The molecule has 0 bridgehead atoms. The van der Waals surface area contributed by atoms with Gasteiger partial charge in [0.1, 0.15) is 11.2 Å². The molecule has 1 heterocycles. The van der Waals surface area contributed by atoms with Crippen molar-refractivity contribution < 1.29 is 4.42 Å². The first-order valence-electron chi connectivity index (χ1n) is 15.8. The summed E-state index contributed by atoms with van der Waals surface area (Å²) in [6.45, 7) is 2.15. The Morgan fingerprint density at radius 2 is 0.783 bits per heavy atom. The summed E-state index contributed by atoms with van der Waals surface area (Å²) in [4.78, 5) is 0. The Morgan fingerprint density at radius 3 is 1.52 bits per heavy atom. The normalized spacial score (nSPS) is 11.6. The van der Waals surface area contributed by atoms with Crippen LogP contribution in [-0.4, -0.2) is 0 Å². The maximum atomic E-state index is 6.10. The van der Waals surface area contributed by atoms with Crippen LogP contribution in [0.4, 0.5) is 0 Å². The highest BCUT2D eigenvalue weighted by molar-refractivity contribution is 6.22. The highest BCUT2D eigenvalue weighted by Crippen LogP contribution is 2.45. The summed E-state index contributed by atoms with van der Waals surface area (Å²) in [6, 6.07) is 59.3. The van der Waals surface area contributed by atoms with Crippen LogP contribution in [0.15, 0.2) is 168 Å². The van der Waals surface area contributed by atoms with Crippen molar-refractivity contribution in [2.45, 2.75) is 6.92 Å². The molecule has 216 valence electrons. The van der Waals surface area contributed by atoms with Crippen LogP contribution < -0.4 is 0 Å². The van der Waals surface area contributed by atoms with E-state index in [9.17, 15) is 0 Å². The molecule has 0 unspecified atom stereocenters. The van der Waals surface area contributed by atoms with Crippen LogP contribution in [0, 0.1) is 6.92 Å². The number of furan rings is 1. The average molecular weight is 587 g/mol. The molecule has 0 spiro atoms. The van der Waals surface area contributed by atoms with Gasteiger partial charge in [-0.3, -0.25) is 0 Å². The minimum atomic E-state index is 0.917. The zero-order valence-corrected chi connectivity index (χ0v) is 25.5. The molecule has 1 nitrogen and oxygen atoms in total. The van der Waals surface area contributed by atoms with Gasteiger partial charge < -0.3 is 4.42 Å². The van der Waals surface area contributed by atoms with E-state index < -0.39 is 0 Å². The van der Waals surface area contributed by atoms with E-state index in [1.54, 1.807) is 0 Å². The first-order chi connectivity index (χ1) is 22.7. The fourth-order valence-electron chi connectivity index (χ4n) is 7.09. The SMILES string of the molecule is Cc1ccc(-c2c3ccccc3c(-c3ccccc3)c3cc(-c4cccc(-c5ccc6oc7ccccc7c6c5)c4)ccc23)cc1. The second-order valence-electron chi connectivity index (χ2n) is 12.2. The Hall–Kier alpha value is -5.92. The van der Waals surface area contributed by atoms with E-state index in [4.69, 9.17) is 4.42 Å². The van der Waals surface area contributed by atoms with E-state index in [0.717, 1.165) is 21.9 Å². The predicted octanol–water partition coefficient (Wildman–Crippen LogP) is 12.9. The fourth-order valence-corrected chi connectivity index (χ4v) is 7.09. The van der Waals surface area contributed by atoms with Gasteiger partial charge >= 0.3 is 0 Å². The minimum Gasteiger partial charge on any atom is -0.456 e. The Balaban J connectivity index is 1.27. The Bertz CT molecular complexity index is 2570. The molecule has 9 rings (SSSR count). The van der Waals surface area contributed by atoms with Gasteiger partial charge in [0, 0.05) is 10.8 Å². The van der Waals surface area contributed by atoms with Crippen molar-refractivity contribution in [3.63, 3.8) is 0 Å². The van der Waals surface area contributed by atoms with Crippen molar-refractivity contribution in [3.05, 3.63) is 169 Å². The molecule has 0 fully saturated rings. The number of rotatable bonds is 4. The summed E-state index contributed by atoms with van der Waals surface area (Å²) >= 11 is 0. The predicted molar refractivity (Wildman–Crippen MR) is 195 cm³/mol. The van der Waals surface area contributed by atoms with Crippen LogP contribution in [-0.2, 0) is 0 Å². The van der Waals surface area contributed by atoms with Crippen molar-refractivity contribution in [1.82, 2.24) is 0 Å². The van der Waals surface area contributed by atoms with Gasteiger partial charge in [-0.1, -0.05) is 139 Å². The van der Waals surface area contributed by atoms with Gasteiger partial charge in [-0.15, -0.1) is 0 Å². The molecule has 1 heteroatoms. The number of benzene rings is 8. The number of hydrogen-bond donors (Lipinski definition) is 0. The Labute approximate surface area is 268 Å². The van der Waals surface area contributed by atoms with Gasteiger partial charge in [-0.05, 0) is 103 Å². The largest absolute Gasteiger partial charge is 0.456 e. The molecule has 0 aliphatic rings. The van der Waals surface area contributed by atoms with E-state index in [2.05, 4.69) is 159 Å². The summed E-state index contributed by atoms with van der Waals surface area (Å²) in [5, 5.41) is 7.36. The second-order valence-corrected chi connectivity index (χ2v) is 12.2. The van der Waals surface area contributed by atoms with Crippen LogP contribution in [0.2, 0.25) is 0 Å². The van der Waals surface area contributed by atoms with Crippen molar-refractivity contribution in [2.75, 3.05) is 0 Å². The number of fused-ring (bicyclic) bond motifs is 5. The molecule has 0 saturated carbocycles. The van der Waals surface area contributed by atoms with Crippen molar-refractivity contribution in [1.29, 1.82) is 0 Å². The lowest BCUT2D eigenvalue weighted by Crippen LogP contribution is -1.92. The third-order valence-corrected chi connectivity index (χ3v) is 9.33. The van der Waals surface area contributed by atoms with Gasteiger partial charge in [0.25, 0.3) is 0 Å². The van der Waals surface area contributed by atoms with Gasteiger partial charge in [0.2, 0.25) is 0 Å². The van der Waals surface area contributed by atoms with E-state index in [1.165, 1.54) is 71.6 Å². The molecule has 46 heavy (non-hydrogen) atoms. The van der Waals surface area contributed by atoms with Gasteiger partial charge in [0.15, 0.2) is 0 Å². The van der Waals surface area contributed by atoms with Crippen LogP contribution in [0.1, 0.15) is 5.56 Å². The Morgan fingerprint density at radius 1 is 0.304 bits per heavy atom. The zero-order valence-electron chi connectivity index (χ0n) is 25.5. The van der Waals surface area contributed by atoms with Crippen LogP contribution in [0.3, 0.4) is 0 Å². The number of aryl methyl sites for hydroxylation is 1. The van der Waals surface area contributed by atoms with Crippen molar-refractivity contribution >= 4 is 43.5 Å². The summed E-state index contributed by atoms with van der Waals surface area (Å²) in [7, 11) is 0. The average Bonchev–Trinajstić information content (AvgIpc) is 3.49. The van der Waals surface area contributed by atoms with Crippen molar-refractivity contribution in [3.8, 4) is 44.5 Å². The molecule has 0 aliphatic carbocycles. The lowest BCUT2D eigenvalue weighted by molar-refractivity contribution is 0.669. The molecule has 0 atom stereocenters. The van der Waals surface area contributed by atoms with E-state index in [1.807, 2.05) is 12.1 Å². The van der Waals surface area contributed by atoms with E-state index in [0.29, 0.717) is 0 Å². The van der Waals surface area contributed by atoms with E-state index in [-0.39, 0.29) is 0 Å². The molecule has 1 aromatic heterocycles. The standard InChI is InChI=1S/C45H30O/c1-29-18-20-31(21-19-29)44-37-15-5-6-16-38(37)45(30-10-3-2-4-11-30)41-28-34(22-24-39(41)44)32-12-9-13-33(26-32)35-23-25-43-40(27-35)36-14-7-8-17-42(36)46-43/h2-28H,1H3. The molecule has 0 aliphatic heterocycles. The highest BCUT2D eigenvalue weighted by Gasteiger charge is 2.17. The number of para-hydroxylation sites is 1. The smallest absolute Gasteiger partial charge is 0.135 e. The summed E-state index contributed by atoms with van der Waals surface area (Å²) in [6.07, 6.45) is 0. The molecule has 8 aromatic carbocycles. The molecular weight excluding hydrogens is 556 g/mol. The highest BCUT2D eigenvalue weighted by atomic mass is 16.3. The van der Waals surface area contributed by atoms with Gasteiger partial charge in [0.05, 0.1) is 0 Å². The number of hydrogen-bond acceptors (Lipinski definition) is 1. The summed E-state index contributed by atoms with van der Waals surface area (Å²) in [5.74, 6) is 0. The molecule has 0 radical (unpaired) electrons. The molecule has 9 aromatic rings. The second kappa shape index (κ2) is 10.6. The zero-order chi connectivity index (χ0) is 30.6. The topological polar surface area (TPSA) is 13.1 Å². The van der Waals surface area contributed by atoms with Gasteiger partial charge in [-0.25, -0.2) is 0 Å². The molecular formula is C45H30O. The van der Waals surface area contributed by atoms with Crippen molar-refractivity contribution in [2.24, 2.45) is 0 Å². The molecule has 0 saturated heterocycles.